The van der Waals surface area contributed by atoms with Crippen LogP contribution in [0.25, 0.3) is 0 Å². The number of aryl methyl sites for hydroxylation is 1. The molecular formula is C14H20N4. The first-order chi connectivity index (χ1) is 8.63. The van der Waals surface area contributed by atoms with Crippen molar-refractivity contribution in [3.8, 4) is 0 Å². The van der Waals surface area contributed by atoms with Crippen LogP contribution in [0.5, 0.6) is 0 Å². The molecule has 0 radical (unpaired) electrons. The van der Waals surface area contributed by atoms with Crippen molar-refractivity contribution in [2.24, 2.45) is 0 Å². The van der Waals surface area contributed by atoms with Crippen LogP contribution in [0.2, 0.25) is 0 Å². The lowest BCUT2D eigenvalue weighted by Gasteiger charge is -2.08. The van der Waals surface area contributed by atoms with Crippen LogP contribution in [0.1, 0.15) is 30.8 Å². The summed E-state index contributed by atoms with van der Waals surface area (Å²) in [6.45, 7) is 7.85. The van der Waals surface area contributed by atoms with Gasteiger partial charge in [-0.25, -0.2) is 0 Å². The van der Waals surface area contributed by atoms with Crippen molar-refractivity contribution in [3.05, 3.63) is 47.5 Å². The summed E-state index contributed by atoms with van der Waals surface area (Å²) in [5, 5.41) is 7.65. The van der Waals surface area contributed by atoms with E-state index in [9.17, 15) is 0 Å². The Morgan fingerprint density at radius 3 is 2.72 bits per heavy atom. The Labute approximate surface area is 108 Å². The molecule has 2 aromatic heterocycles. The summed E-state index contributed by atoms with van der Waals surface area (Å²) >= 11 is 0. The van der Waals surface area contributed by atoms with Crippen LogP contribution < -0.4 is 5.32 Å². The number of nitrogens with one attached hydrogen (secondary N) is 1. The molecule has 1 N–H and O–H groups in total. The molecule has 0 fully saturated rings. The minimum atomic E-state index is 0.476. The number of rotatable bonds is 5. The van der Waals surface area contributed by atoms with Crippen LogP contribution in [-0.2, 0) is 13.1 Å². The van der Waals surface area contributed by atoms with Crippen molar-refractivity contribution in [2.45, 2.75) is 39.9 Å². The van der Waals surface area contributed by atoms with E-state index in [0.717, 1.165) is 24.5 Å². The number of pyridine rings is 1. The molecule has 0 saturated carbocycles. The molecule has 0 atom stereocenters. The van der Waals surface area contributed by atoms with Gasteiger partial charge in [-0.1, -0.05) is 19.9 Å². The second-order valence-corrected chi connectivity index (χ2v) is 4.87. The molecule has 96 valence electrons. The van der Waals surface area contributed by atoms with Crippen molar-refractivity contribution < 1.29 is 0 Å². The van der Waals surface area contributed by atoms with Crippen LogP contribution >= 0.6 is 0 Å². The minimum Gasteiger partial charge on any atom is -0.309 e. The summed E-state index contributed by atoms with van der Waals surface area (Å²) in [5.41, 5.74) is 3.29. The van der Waals surface area contributed by atoms with Crippen LogP contribution in [-0.4, -0.2) is 20.8 Å². The minimum absolute atomic E-state index is 0.476. The molecule has 2 heterocycles. The zero-order valence-corrected chi connectivity index (χ0v) is 11.2. The number of hydrogen-bond donors (Lipinski definition) is 1. The lowest BCUT2D eigenvalue weighted by atomic mass is 10.3. The van der Waals surface area contributed by atoms with E-state index in [2.05, 4.69) is 35.3 Å². The molecule has 0 bridgehead atoms. The molecule has 0 aliphatic heterocycles. The van der Waals surface area contributed by atoms with E-state index in [1.165, 1.54) is 5.56 Å². The number of hydrogen-bond acceptors (Lipinski definition) is 3. The van der Waals surface area contributed by atoms with Gasteiger partial charge in [-0.05, 0) is 24.6 Å². The fourth-order valence-corrected chi connectivity index (χ4v) is 1.74. The maximum absolute atomic E-state index is 4.63. The second kappa shape index (κ2) is 5.78. The van der Waals surface area contributed by atoms with Crippen molar-refractivity contribution in [1.29, 1.82) is 0 Å². The van der Waals surface area contributed by atoms with E-state index in [1.807, 2.05) is 36.1 Å². The van der Waals surface area contributed by atoms with Crippen molar-refractivity contribution in [3.63, 3.8) is 0 Å². The normalized spacial score (nSPS) is 11.1. The molecule has 0 spiro atoms. The van der Waals surface area contributed by atoms with Gasteiger partial charge in [-0.15, -0.1) is 0 Å². The van der Waals surface area contributed by atoms with Crippen LogP contribution in [0, 0.1) is 6.92 Å². The van der Waals surface area contributed by atoms with Gasteiger partial charge in [0.25, 0.3) is 0 Å². The highest BCUT2D eigenvalue weighted by atomic mass is 15.3. The monoisotopic (exact) mass is 244 g/mol. The third-order valence-corrected chi connectivity index (χ3v) is 2.64. The maximum Gasteiger partial charge on any atom is 0.0831 e. The number of nitrogens with zero attached hydrogens (tertiary/aromatic N) is 3. The first-order valence-electron chi connectivity index (χ1n) is 6.31. The third kappa shape index (κ3) is 3.67. The van der Waals surface area contributed by atoms with Gasteiger partial charge in [0.05, 0.1) is 24.1 Å². The SMILES string of the molecule is Cc1cnn(Cc2cccc(CNC(C)C)n2)c1. The van der Waals surface area contributed by atoms with Gasteiger partial charge in [0, 0.05) is 18.8 Å². The third-order valence-electron chi connectivity index (χ3n) is 2.64. The summed E-state index contributed by atoms with van der Waals surface area (Å²) in [5.74, 6) is 0. The fourth-order valence-electron chi connectivity index (χ4n) is 1.74. The first-order valence-corrected chi connectivity index (χ1v) is 6.31. The molecule has 4 nitrogen and oxygen atoms in total. The van der Waals surface area contributed by atoms with Crippen LogP contribution in [0.15, 0.2) is 30.6 Å². The Kier molecular flexibility index (Phi) is 4.10. The molecule has 0 aliphatic rings. The van der Waals surface area contributed by atoms with Crippen molar-refractivity contribution in [2.75, 3.05) is 0 Å². The summed E-state index contributed by atoms with van der Waals surface area (Å²) in [7, 11) is 0. The Morgan fingerprint density at radius 1 is 1.28 bits per heavy atom. The van der Waals surface area contributed by atoms with E-state index in [0.29, 0.717) is 6.04 Å². The van der Waals surface area contributed by atoms with Gasteiger partial charge in [0.2, 0.25) is 0 Å². The lowest BCUT2D eigenvalue weighted by Crippen LogP contribution is -2.22. The highest BCUT2D eigenvalue weighted by Gasteiger charge is 2.01. The summed E-state index contributed by atoms with van der Waals surface area (Å²) in [6, 6.07) is 6.61. The predicted octanol–water partition coefficient (Wildman–Crippen LogP) is 2.13. The van der Waals surface area contributed by atoms with Gasteiger partial charge in [-0.3, -0.25) is 9.67 Å². The number of aromatic nitrogens is 3. The lowest BCUT2D eigenvalue weighted by molar-refractivity contribution is 0.578. The van der Waals surface area contributed by atoms with Crippen LogP contribution in [0.4, 0.5) is 0 Å². The molecule has 18 heavy (non-hydrogen) atoms. The van der Waals surface area contributed by atoms with Gasteiger partial charge < -0.3 is 5.32 Å². The van der Waals surface area contributed by atoms with E-state index in [1.54, 1.807) is 0 Å². The highest BCUT2D eigenvalue weighted by Crippen LogP contribution is 2.03. The summed E-state index contributed by atoms with van der Waals surface area (Å²) in [4.78, 5) is 4.63. The second-order valence-electron chi connectivity index (χ2n) is 4.87. The molecule has 0 unspecified atom stereocenters. The molecule has 4 heteroatoms. The Hall–Kier alpha value is -1.68. The molecular weight excluding hydrogens is 224 g/mol. The quantitative estimate of drug-likeness (QED) is 0.876. The molecule has 0 aliphatic carbocycles. The molecule has 2 aromatic rings. The van der Waals surface area contributed by atoms with Gasteiger partial charge in [-0.2, -0.15) is 5.10 Å². The van der Waals surface area contributed by atoms with E-state index < -0.39 is 0 Å². The fraction of sp³-hybridized carbons (Fsp3) is 0.429. The van der Waals surface area contributed by atoms with Gasteiger partial charge in [0.1, 0.15) is 0 Å². The van der Waals surface area contributed by atoms with Crippen molar-refractivity contribution >= 4 is 0 Å². The van der Waals surface area contributed by atoms with Gasteiger partial charge >= 0.3 is 0 Å². The first kappa shape index (κ1) is 12.8. The molecule has 0 amide bonds. The average molecular weight is 244 g/mol. The Morgan fingerprint density at radius 2 is 2.06 bits per heavy atom. The average Bonchev–Trinajstić information content (AvgIpc) is 2.73. The van der Waals surface area contributed by atoms with Gasteiger partial charge in [0.15, 0.2) is 0 Å². The predicted molar refractivity (Wildman–Crippen MR) is 72.3 cm³/mol. The zero-order chi connectivity index (χ0) is 13.0. The summed E-state index contributed by atoms with van der Waals surface area (Å²) in [6.07, 6.45) is 3.89. The van der Waals surface area contributed by atoms with E-state index in [-0.39, 0.29) is 0 Å². The Balaban J connectivity index is 2.02. The van der Waals surface area contributed by atoms with E-state index >= 15 is 0 Å². The van der Waals surface area contributed by atoms with Crippen molar-refractivity contribution in [1.82, 2.24) is 20.1 Å². The summed E-state index contributed by atoms with van der Waals surface area (Å²) < 4.78 is 1.91. The molecule has 0 saturated heterocycles. The maximum atomic E-state index is 4.63. The zero-order valence-electron chi connectivity index (χ0n) is 11.2. The topological polar surface area (TPSA) is 42.7 Å². The van der Waals surface area contributed by atoms with Crippen LogP contribution in [0.3, 0.4) is 0 Å². The standard InChI is InChI=1S/C14H20N4/c1-11(2)15-8-13-5-4-6-14(17-13)10-18-9-12(3)7-16-18/h4-7,9,11,15H,8,10H2,1-3H3. The smallest absolute Gasteiger partial charge is 0.0831 e. The molecule has 2 rings (SSSR count). The Bertz CT molecular complexity index is 502. The largest absolute Gasteiger partial charge is 0.309 e. The highest BCUT2D eigenvalue weighted by molar-refractivity contribution is 5.12. The molecule has 0 aromatic carbocycles. The van der Waals surface area contributed by atoms with E-state index in [4.69, 9.17) is 0 Å².